The second kappa shape index (κ2) is 6.21. The maximum atomic E-state index is 13.1. The lowest BCUT2D eigenvalue weighted by Crippen LogP contribution is -2.47. The molecular weight excluding hydrogens is 298 g/mol. The van der Waals surface area contributed by atoms with Gasteiger partial charge in [0.05, 0.1) is 5.69 Å². The number of benzene rings is 2. The Bertz CT molecular complexity index is 804. The SMILES string of the molecule is CN1CCN(C(=O)c2cccc3c2Cc2ccccc2N=C3)CC1. The molecule has 2 aliphatic heterocycles. The van der Waals surface area contributed by atoms with Gasteiger partial charge in [0, 0.05) is 44.4 Å². The Morgan fingerprint density at radius 2 is 1.79 bits per heavy atom. The molecule has 1 saturated heterocycles. The third-order valence-corrected chi connectivity index (χ3v) is 4.93. The molecule has 1 fully saturated rings. The summed E-state index contributed by atoms with van der Waals surface area (Å²) in [5.41, 5.74) is 5.12. The first-order chi connectivity index (χ1) is 11.7. The molecule has 24 heavy (non-hydrogen) atoms. The van der Waals surface area contributed by atoms with Crippen LogP contribution >= 0.6 is 0 Å². The van der Waals surface area contributed by atoms with Crippen molar-refractivity contribution < 1.29 is 4.79 Å². The molecule has 2 aliphatic rings. The van der Waals surface area contributed by atoms with Crippen LogP contribution in [0.1, 0.15) is 27.0 Å². The number of carbonyl (C=O) groups is 1. The van der Waals surface area contributed by atoms with Gasteiger partial charge in [0.25, 0.3) is 5.91 Å². The van der Waals surface area contributed by atoms with Crippen molar-refractivity contribution in [2.24, 2.45) is 4.99 Å². The van der Waals surface area contributed by atoms with Crippen molar-refractivity contribution in [2.75, 3.05) is 33.2 Å². The van der Waals surface area contributed by atoms with Crippen LogP contribution in [-0.2, 0) is 6.42 Å². The van der Waals surface area contributed by atoms with Gasteiger partial charge in [0.15, 0.2) is 0 Å². The van der Waals surface area contributed by atoms with Gasteiger partial charge in [-0.05, 0) is 35.9 Å². The van der Waals surface area contributed by atoms with E-state index in [-0.39, 0.29) is 5.91 Å². The van der Waals surface area contributed by atoms with E-state index in [0.717, 1.165) is 55.0 Å². The van der Waals surface area contributed by atoms with Crippen LogP contribution in [0.2, 0.25) is 0 Å². The molecule has 122 valence electrons. The summed E-state index contributed by atoms with van der Waals surface area (Å²) in [5.74, 6) is 0.146. The molecule has 0 aliphatic carbocycles. The van der Waals surface area contributed by atoms with Crippen LogP contribution in [0.25, 0.3) is 0 Å². The van der Waals surface area contributed by atoms with E-state index in [1.807, 2.05) is 47.5 Å². The first kappa shape index (κ1) is 15.1. The van der Waals surface area contributed by atoms with E-state index in [1.54, 1.807) is 0 Å². The minimum absolute atomic E-state index is 0.146. The molecule has 2 heterocycles. The maximum Gasteiger partial charge on any atom is 0.254 e. The van der Waals surface area contributed by atoms with Gasteiger partial charge in [0.1, 0.15) is 0 Å². The zero-order chi connectivity index (χ0) is 16.5. The van der Waals surface area contributed by atoms with E-state index < -0.39 is 0 Å². The van der Waals surface area contributed by atoms with Crippen LogP contribution in [0, 0.1) is 0 Å². The Kier molecular flexibility index (Phi) is 3.90. The molecule has 0 saturated carbocycles. The Labute approximate surface area is 142 Å². The van der Waals surface area contributed by atoms with Crippen LogP contribution in [0.3, 0.4) is 0 Å². The molecule has 2 aromatic rings. The predicted molar refractivity (Wildman–Crippen MR) is 96.3 cm³/mol. The number of para-hydroxylation sites is 1. The number of nitrogens with zero attached hydrogens (tertiary/aromatic N) is 3. The van der Waals surface area contributed by atoms with Gasteiger partial charge in [-0.2, -0.15) is 0 Å². The van der Waals surface area contributed by atoms with Crippen molar-refractivity contribution in [3.63, 3.8) is 0 Å². The molecule has 0 N–H and O–H groups in total. The molecule has 0 radical (unpaired) electrons. The summed E-state index contributed by atoms with van der Waals surface area (Å²) in [6.07, 6.45) is 2.64. The fourth-order valence-corrected chi connectivity index (χ4v) is 3.42. The van der Waals surface area contributed by atoms with Crippen molar-refractivity contribution in [1.29, 1.82) is 0 Å². The summed E-state index contributed by atoms with van der Waals surface area (Å²) in [4.78, 5) is 21.9. The molecule has 0 aromatic heterocycles. The van der Waals surface area contributed by atoms with Crippen molar-refractivity contribution >= 4 is 17.8 Å². The molecule has 4 nitrogen and oxygen atoms in total. The molecule has 0 bridgehead atoms. The number of rotatable bonds is 1. The third kappa shape index (κ3) is 2.74. The van der Waals surface area contributed by atoms with Gasteiger partial charge in [-0.15, -0.1) is 0 Å². The number of fused-ring (bicyclic) bond motifs is 2. The first-order valence-corrected chi connectivity index (χ1v) is 8.44. The van der Waals surface area contributed by atoms with Crippen LogP contribution < -0.4 is 0 Å². The number of piperazine rings is 1. The van der Waals surface area contributed by atoms with Gasteiger partial charge in [-0.1, -0.05) is 30.3 Å². The molecule has 2 aromatic carbocycles. The summed E-state index contributed by atoms with van der Waals surface area (Å²) >= 11 is 0. The highest BCUT2D eigenvalue weighted by Gasteiger charge is 2.24. The smallest absolute Gasteiger partial charge is 0.254 e. The van der Waals surface area contributed by atoms with E-state index in [2.05, 4.69) is 23.0 Å². The summed E-state index contributed by atoms with van der Waals surface area (Å²) in [6, 6.07) is 14.1. The van der Waals surface area contributed by atoms with Crippen LogP contribution in [-0.4, -0.2) is 55.1 Å². The highest BCUT2D eigenvalue weighted by molar-refractivity contribution is 5.99. The number of likely N-dealkylation sites (N-methyl/N-ethyl adjacent to an activating group) is 1. The van der Waals surface area contributed by atoms with Crippen molar-refractivity contribution in [3.05, 3.63) is 64.7 Å². The van der Waals surface area contributed by atoms with E-state index in [9.17, 15) is 4.79 Å². The molecule has 0 atom stereocenters. The van der Waals surface area contributed by atoms with E-state index in [4.69, 9.17) is 0 Å². The second-order valence-corrected chi connectivity index (χ2v) is 6.53. The molecule has 0 unspecified atom stereocenters. The molecule has 4 heteroatoms. The van der Waals surface area contributed by atoms with Crippen LogP contribution in [0.4, 0.5) is 5.69 Å². The van der Waals surface area contributed by atoms with E-state index >= 15 is 0 Å². The summed E-state index contributed by atoms with van der Waals surface area (Å²) in [7, 11) is 2.10. The van der Waals surface area contributed by atoms with Gasteiger partial charge in [-0.3, -0.25) is 9.79 Å². The van der Waals surface area contributed by atoms with Gasteiger partial charge in [-0.25, -0.2) is 0 Å². The molecule has 1 amide bonds. The monoisotopic (exact) mass is 319 g/mol. The molecular formula is C20H21N3O. The Balaban J connectivity index is 1.70. The first-order valence-electron chi connectivity index (χ1n) is 8.44. The van der Waals surface area contributed by atoms with Crippen LogP contribution in [0.5, 0.6) is 0 Å². The van der Waals surface area contributed by atoms with Crippen molar-refractivity contribution in [1.82, 2.24) is 9.80 Å². The average Bonchev–Trinajstić information content (AvgIpc) is 2.81. The topological polar surface area (TPSA) is 35.9 Å². The molecule has 4 rings (SSSR count). The fraction of sp³-hybridized carbons (Fsp3) is 0.300. The third-order valence-electron chi connectivity index (χ3n) is 4.93. The second-order valence-electron chi connectivity index (χ2n) is 6.53. The Hall–Kier alpha value is -2.46. The summed E-state index contributed by atoms with van der Waals surface area (Å²) in [5, 5.41) is 0. The highest BCUT2D eigenvalue weighted by Crippen LogP contribution is 2.28. The number of aliphatic imine (C=N–C) groups is 1. The van der Waals surface area contributed by atoms with Gasteiger partial charge < -0.3 is 9.80 Å². The summed E-state index contributed by atoms with van der Waals surface area (Å²) < 4.78 is 0. The minimum atomic E-state index is 0.146. The fourth-order valence-electron chi connectivity index (χ4n) is 3.42. The predicted octanol–water partition coefficient (Wildman–Crippen LogP) is 2.73. The number of amides is 1. The minimum Gasteiger partial charge on any atom is -0.336 e. The number of hydrogen-bond donors (Lipinski definition) is 0. The quantitative estimate of drug-likeness (QED) is 0.691. The Morgan fingerprint density at radius 1 is 1.00 bits per heavy atom. The van der Waals surface area contributed by atoms with Crippen molar-refractivity contribution in [3.8, 4) is 0 Å². The lowest BCUT2D eigenvalue weighted by molar-refractivity contribution is 0.0663. The highest BCUT2D eigenvalue weighted by atomic mass is 16.2. The number of carbonyl (C=O) groups excluding carboxylic acids is 1. The summed E-state index contributed by atoms with van der Waals surface area (Å²) in [6.45, 7) is 3.46. The van der Waals surface area contributed by atoms with Crippen molar-refractivity contribution in [2.45, 2.75) is 6.42 Å². The number of hydrogen-bond acceptors (Lipinski definition) is 3. The lowest BCUT2D eigenvalue weighted by Gasteiger charge is -2.33. The van der Waals surface area contributed by atoms with Gasteiger partial charge >= 0.3 is 0 Å². The average molecular weight is 319 g/mol. The van der Waals surface area contributed by atoms with Gasteiger partial charge in [0.2, 0.25) is 0 Å². The standard InChI is InChI=1S/C20H21N3O/c1-22-9-11-23(12-10-22)20(24)17-7-4-6-16-14-21-19-8-3-2-5-15(19)13-18(16)17/h2-8,14H,9-13H2,1H3. The van der Waals surface area contributed by atoms with Crippen LogP contribution in [0.15, 0.2) is 47.5 Å². The lowest BCUT2D eigenvalue weighted by atomic mass is 9.94. The largest absolute Gasteiger partial charge is 0.336 e. The normalized spacial score (nSPS) is 17.1. The van der Waals surface area contributed by atoms with E-state index in [0.29, 0.717) is 0 Å². The zero-order valence-corrected chi connectivity index (χ0v) is 13.9. The molecule has 0 spiro atoms. The Morgan fingerprint density at radius 3 is 2.62 bits per heavy atom. The maximum absolute atomic E-state index is 13.1. The zero-order valence-electron chi connectivity index (χ0n) is 13.9. The van der Waals surface area contributed by atoms with E-state index in [1.165, 1.54) is 5.56 Å².